The van der Waals surface area contributed by atoms with Crippen molar-refractivity contribution < 1.29 is 9.59 Å². The molecule has 5 heteroatoms. The topological polar surface area (TPSA) is 70.2 Å². The highest BCUT2D eigenvalue weighted by Crippen LogP contribution is 2.20. The third-order valence-corrected chi connectivity index (χ3v) is 3.74. The van der Waals surface area contributed by atoms with Gasteiger partial charge in [0.15, 0.2) is 0 Å². The summed E-state index contributed by atoms with van der Waals surface area (Å²) in [6.45, 7) is 6.10. The van der Waals surface area contributed by atoms with Crippen LogP contribution in [-0.4, -0.2) is 18.4 Å². The highest BCUT2D eigenvalue weighted by Gasteiger charge is 2.05. The maximum absolute atomic E-state index is 12.0. The van der Waals surface area contributed by atoms with Crippen LogP contribution in [0.15, 0.2) is 42.5 Å². The maximum atomic E-state index is 12.0. The Hall–Kier alpha value is -2.82. The molecule has 0 atom stereocenters. The minimum Gasteiger partial charge on any atom is -0.376 e. The molecular weight excluding hydrogens is 302 g/mol. The summed E-state index contributed by atoms with van der Waals surface area (Å²) in [5, 5.41) is 8.74. The van der Waals surface area contributed by atoms with Crippen molar-refractivity contribution in [2.24, 2.45) is 0 Å². The summed E-state index contributed by atoms with van der Waals surface area (Å²) in [5.74, 6) is -0.203. The summed E-state index contributed by atoms with van der Waals surface area (Å²) in [6.07, 6.45) is 0. The number of aryl methyl sites for hydroxylation is 2. The Bertz CT molecular complexity index is 741. The fourth-order valence-electron chi connectivity index (χ4n) is 2.30. The van der Waals surface area contributed by atoms with Gasteiger partial charge < -0.3 is 16.0 Å². The highest BCUT2D eigenvalue weighted by molar-refractivity contribution is 5.90. The largest absolute Gasteiger partial charge is 0.376 e. The number of anilines is 2. The Kier molecular flexibility index (Phi) is 5.95. The van der Waals surface area contributed by atoms with Gasteiger partial charge in [0.05, 0.1) is 6.54 Å². The van der Waals surface area contributed by atoms with Gasteiger partial charge in [-0.25, -0.2) is 0 Å². The Morgan fingerprint density at radius 2 is 1.75 bits per heavy atom. The molecule has 0 heterocycles. The van der Waals surface area contributed by atoms with Gasteiger partial charge in [0, 0.05) is 24.8 Å². The van der Waals surface area contributed by atoms with Crippen LogP contribution in [-0.2, 0) is 16.1 Å². The molecule has 0 aliphatic rings. The normalized spacial score (nSPS) is 10.1. The molecule has 0 radical (unpaired) electrons. The van der Waals surface area contributed by atoms with E-state index in [-0.39, 0.29) is 18.4 Å². The first-order chi connectivity index (χ1) is 11.5. The molecule has 0 unspecified atom stereocenters. The number of carbonyl (C=O) groups is 2. The van der Waals surface area contributed by atoms with Crippen molar-refractivity contribution in [2.75, 3.05) is 17.2 Å². The number of hydrogen-bond donors (Lipinski definition) is 3. The molecule has 0 spiro atoms. The number of carbonyl (C=O) groups excluding carboxylic acids is 2. The van der Waals surface area contributed by atoms with Crippen LogP contribution >= 0.6 is 0 Å². The van der Waals surface area contributed by atoms with E-state index in [0.29, 0.717) is 6.54 Å². The SMILES string of the molecule is CC(=O)Nc1cc(NCC(=O)NCc2ccccc2C)ccc1C. The Morgan fingerprint density at radius 1 is 1.00 bits per heavy atom. The molecule has 0 aliphatic carbocycles. The van der Waals surface area contributed by atoms with Crippen molar-refractivity contribution in [3.63, 3.8) is 0 Å². The third-order valence-electron chi connectivity index (χ3n) is 3.74. The summed E-state index contributed by atoms with van der Waals surface area (Å²) in [4.78, 5) is 23.2. The Labute approximate surface area is 142 Å². The van der Waals surface area contributed by atoms with Crippen LogP contribution in [0.5, 0.6) is 0 Å². The molecule has 2 amide bonds. The smallest absolute Gasteiger partial charge is 0.239 e. The van der Waals surface area contributed by atoms with Gasteiger partial charge in [0.25, 0.3) is 0 Å². The van der Waals surface area contributed by atoms with Crippen LogP contribution in [0.4, 0.5) is 11.4 Å². The first kappa shape index (κ1) is 17.5. The number of nitrogens with one attached hydrogen (secondary N) is 3. The van der Waals surface area contributed by atoms with Crippen molar-refractivity contribution in [2.45, 2.75) is 27.3 Å². The standard InChI is InChI=1S/C19H23N3O2/c1-13-6-4-5-7-16(13)11-21-19(24)12-20-17-9-8-14(2)18(10-17)22-15(3)23/h4-10,20H,11-12H2,1-3H3,(H,21,24)(H,22,23). The number of benzene rings is 2. The summed E-state index contributed by atoms with van der Waals surface area (Å²) in [5.41, 5.74) is 4.77. The predicted octanol–water partition coefficient (Wildman–Crippen LogP) is 2.99. The van der Waals surface area contributed by atoms with E-state index >= 15 is 0 Å². The van der Waals surface area contributed by atoms with Crippen molar-refractivity contribution in [3.05, 3.63) is 59.2 Å². The molecule has 0 fully saturated rings. The number of hydrogen-bond acceptors (Lipinski definition) is 3. The van der Waals surface area contributed by atoms with Crippen molar-refractivity contribution in [1.29, 1.82) is 0 Å². The second-order valence-electron chi connectivity index (χ2n) is 5.77. The van der Waals surface area contributed by atoms with Crippen LogP contribution in [0.1, 0.15) is 23.6 Å². The molecule has 0 saturated carbocycles. The summed E-state index contributed by atoms with van der Waals surface area (Å²) < 4.78 is 0. The van der Waals surface area contributed by atoms with Crippen LogP contribution in [0.3, 0.4) is 0 Å². The van der Waals surface area contributed by atoms with E-state index in [1.54, 1.807) is 0 Å². The van der Waals surface area contributed by atoms with Crippen LogP contribution in [0, 0.1) is 13.8 Å². The van der Waals surface area contributed by atoms with Gasteiger partial charge in [-0.3, -0.25) is 9.59 Å². The van der Waals surface area contributed by atoms with Crippen molar-refractivity contribution in [1.82, 2.24) is 5.32 Å². The van der Waals surface area contributed by atoms with Gasteiger partial charge in [-0.15, -0.1) is 0 Å². The molecule has 2 aromatic carbocycles. The Balaban J connectivity index is 1.87. The molecule has 0 aromatic heterocycles. The van der Waals surface area contributed by atoms with E-state index in [1.165, 1.54) is 6.92 Å². The zero-order valence-electron chi connectivity index (χ0n) is 14.3. The first-order valence-corrected chi connectivity index (χ1v) is 7.89. The molecule has 0 bridgehead atoms. The summed E-state index contributed by atoms with van der Waals surface area (Å²) in [6, 6.07) is 13.6. The van der Waals surface area contributed by atoms with E-state index in [2.05, 4.69) is 16.0 Å². The van der Waals surface area contributed by atoms with Crippen LogP contribution in [0.2, 0.25) is 0 Å². The lowest BCUT2D eigenvalue weighted by atomic mass is 10.1. The second-order valence-corrected chi connectivity index (χ2v) is 5.77. The number of amides is 2. The zero-order valence-corrected chi connectivity index (χ0v) is 14.3. The maximum Gasteiger partial charge on any atom is 0.239 e. The lowest BCUT2D eigenvalue weighted by Crippen LogP contribution is -2.29. The molecule has 2 aromatic rings. The van der Waals surface area contributed by atoms with Gasteiger partial charge in [0.1, 0.15) is 0 Å². The average Bonchev–Trinajstić information content (AvgIpc) is 2.54. The van der Waals surface area contributed by atoms with Gasteiger partial charge in [0.2, 0.25) is 11.8 Å². The third kappa shape index (κ3) is 5.12. The minimum absolute atomic E-state index is 0.0834. The molecule has 126 valence electrons. The molecule has 5 nitrogen and oxygen atoms in total. The van der Waals surface area contributed by atoms with E-state index in [0.717, 1.165) is 28.1 Å². The minimum atomic E-state index is -0.119. The lowest BCUT2D eigenvalue weighted by molar-refractivity contribution is -0.119. The molecule has 0 aliphatic heterocycles. The highest BCUT2D eigenvalue weighted by atomic mass is 16.2. The van der Waals surface area contributed by atoms with E-state index in [1.807, 2.05) is 56.3 Å². The predicted molar refractivity (Wildman–Crippen MR) is 97.0 cm³/mol. The monoisotopic (exact) mass is 325 g/mol. The fourth-order valence-corrected chi connectivity index (χ4v) is 2.30. The summed E-state index contributed by atoms with van der Waals surface area (Å²) in [7, 11) is 0. The average molecular weight is 325 g/mol. The van der Waals surface area contributed by atoms with Crippen molar-refractivity contribution in [3.8, 4) is 0 Å². The first-order valence-electron chi connectivity index (χ1n) is 7.89. The molecule has 0 saturated heterocycles. The van der Waals surface area contributed by atoms with Crippen LogP contribution in [0.25, 0.3) is 0 Å². The van der Waals surface area contributed by atoms with E-state index in [9.17, 15) is 9.59 Å². The summed E-state index contributed by atoms with van der Waals surface area (Å²) >= 11 is 0. The van der Waals surface area contributed by atoms with Gasteiger partial charge in [-0.2, -0.15) is 0 Å². The van der Waals surface area contributed by atoms with Gasteiger partial charge >= 0.3 is 0 Å². The quantitative estimate of drug-likeness (QED) is 0.764. The van der Waals surface area contributed by atoms with E-state index < -0.39 is 0 Å². The van der Waals surface area contributed by atoms with E-state index in [4.69, 9.17) is 0 Å². The molecule has 2 rings (SSSR count). The second kappa shape index (κ2) is 8.15. The zero-order chi connectivity index (χ0) is 17.5. The van der Waals surface area contributed by atoms with Gasteiger partial charge in [-0.1, -0.05) is 30.3 Å². The molecule has 3 N–H and O–H groups in total. The Morgan fingerprint density at radius 3 is 2.46 bits per heavy atom. The lowest BCUT2D eigenvalue weighted by Gasteiger charge is -2.12. The van der Waals surface area contributed by atoms with Crippen molar-refractivity contribution >= 4 is 23.2 Å². The van der Waals surface area contributed by atoms with Gasteiger partial charge in [-0.05, 0) is 42.7 Å². The fraction of sp³-hybridized carbons (Fsp3) is 0.263. The molecule has 24 heavy (non-hydrogen) atoms. The number of rotatable bonds is 6. The van der Waals surface area contributed by atoms with Crippen LogP contribution < -0.4 is 16.0 Å². The molecular formula is C19H23N3O2.